The quantitative estimate of drug-likeness (QED) is 0.813. The number of carbonyl (C=O) groups excluding carboxylic acids is 1. The summed E-state index contributed by atoms with van der Waals surface area (Å²) >= 11 is 1.26. The molecule has 0 N–H and O–H groups in total. The van der Waals surface area contributed by atoms with Gasteiger partial charge in [0.05, 0.1) is 0 Å². The molecule has 5 nitrogen and oxygen atoms in total. The lowest BCUT2D eigenvalue weighted by molar-refractivity contribution is -0.128. The smallest absolute Gasteiger partial charge is 0.252 e. The van der Waals surface area contributed by atoms with Crippen molar-refractivity contribution >= 4 is 27.3 Å². The average molecular weight is 300 g/mol. The Kier molecular flexibility index (Phi) is 3.15. The number of fused-ring (bicyclic) bond motifs is 1. The van der Waals surface area contributed by atoms with Gasteiger partial charge in [0.1, 0.15) is 4.21 Å². The summed E-state index contributed by atoms with van der Waals surface area (Å²) in [7, 11) is -3.33. The molecule has 2 fully saturated rings. The van der Waals surface area contributed by atoms with E-state index in [2.05, 4.69) is 0 Å². The van der Waals surface area contributed by atoms with Crippen molar-refractivity contribution in [3.63, 3.8) is 0 Å². The van der Waals surface area contributed by atoms with Crippen LogP contribution in [-0.4, -0.2) is 49.7 Å². The van der Waals surface area contributed by atoms with Crippen LogP contribution in [0.25, 0.3) is 0 Å². The van der Waals surface area contributed by atoms with Crippen LogP contribution in [-0.2, 0) is 14.8 Å². The van der Waals surface area contributed by atoms with Crippen LogP contribution in [0.2, 0.25) is 0 Å². The molecule has 2 saturated heterocycles. The zero-order valence-corrected chi connectivity index (χ0v) is 12.3. The molecule has 0 aliphatic carbocycles. The Balaban J connectivity index is 1.74. The van der Waals surface area contributed by atoms with Crippen molar-refractivity contribution in [3.8, 4) is 0 Å². The summed E-state index contributed by atoms with van der Waals surface area (Å²) in [6, 6.07) is 3.40. The first-order chi connectivity index (χ1) is 8.98. The molecule has 0 aromatic carbocycles. The minimum atomic E-state index is -3.33. The van der Waals surface area contributed by atoms with Gasteiger partial charge in [0.2, 0.25) is 5.91 Å². The number of rotatable bonds is 2. The van der Waals surface area contributed by atoms with Gasteiger partial charge >= 0.3 is 0 Å². The topological polar surface area (TPSA) is 57.7 Å². The molecular weight excluding hydrogens is 284 g/mol. The van der Waals surface area contributed by atoms with Gasteiger partial charge in [-0.1, -0.05) is 6.07 Å². The van der Waals surface area contributed by atoms with E-state index in [0.717, 1.165) is 0 Å². The van der Waals surface area contributed by atoms with E-state index < -0.39 is 10.0 Å². The minimum absolute atomic E-state index is 0.0852. The van der Waals surface area contributed by atoms with Gasteiger partial charge < -0.3 is 4.90 Å². The Morgan fingerprint density at radius 2 is 1.89 bits per heavy atom. The standard InChI is InChI=1S/C12H16N2O3S2/c1-9(15)13-5-10-7-14(8-11(10)6-13)19(16,17)12-3-2-4-18-12/h2-4,10-11H,5-8H2,1H3/t10-,11+. The van der Waals surface area contributed by atoms with E-state index in [-0.39, 0.29) is 5.91 Å². The first-order valence-corrected chi connectivity index (χ1v) is 8.59. The van der Waals surface area contributed by atoms with Crippen molar-refractivity contribution in [1.82, 2.24) is 9.21 Å². The molecule has 0 unspecified atom stereocenters. The number of amides is 1. The van der Waals surface area contributed by atoms with Gasteiger partial charge in [0, 0.05) is 33.1 Å². The molecule has 2 aliphatic rings. The molecular formula is C12H16N2O3S2. The zero-order valence-electron chi connectivity index (χ0n) is 10.7. The first kappa shape index (κ1) is 13.1. The summed E-state index contributed by atoms with van der Waals surface area (Å²) < 4.78 is 26.8. The van der Waals surface area contributed by atoms with Gasteiger partial charge in [-0.05, 0) is 23.3 Å². The molecule has 3 rings (SSSR count). The number of hydrogen-bond donors (Lipinski definition) is 0. The van der Waals surface area contributed by atoms with Gasteiger partial charge in [-0.2, -0.15) is 4.31 Å². The Morgan fingerprint density at radius 3 is 2.37 bits per heavy atom. The minimum Gasteiger partial charge on any atom is -0.342 e. The first-order valence-electron chi connectivity index (χ1n) is 6.27. The van der Waals surface area contributed by atoms with Crippen LogP contribution >= 0.6 is 11.3 Å². The Morgan fingerprint density at radius 1 is 1.26 bits per heavy atom. The van der Waals surface area contributed by atoms with Gasteiger partial charge in [-0.3, -0.25) is 4.79 Å². The third-order valence-electron chi connectivity index (χ3n) is 3.99. The SMILES string of the molecule is CC(=O)N1C[C@@H]2CN(S(=O)(=O)c3cccs3)C[C@@H]2C1. The third kappa shape index (κ3) is 2.19. The normalized spacial score (nSPS) is 27.7. The maximum absolute atomic E-state index is 12.4. The second-order valence-corrected chi connectivity index (χ2v) is 8.31. The molecule has 1 aromatic rings. The highest BCUT2D eigenvalue weighted by atomic mass is 32.2. The second-order valence-electron chi connectivity index (χ2n) is 5.20. The molecule has 19 heavy (non-hydrogen) atoms. The zero-order chi connectivity index (χ0) is 13.6. The van der Waals surface area contributed by atoms with Gasteiger partial charge in [0.25, 0.3) is 10.0 Å². The Labute approximate surface area is 116 Å². The van der Waals surface area contributed by atoms with E-state index in [1.807, 2.05) is 4.90 Å². The van der Waals surface area contributed by atoms with Gasteiger partial charge in [0.15, 0.2) is 0 Å². The Bertz CT molecular complexity index is 568. The molecule has 1 amide bonds. The fourth-order valence-corrected chi connectivity index (χ4v) is 5.64. The van der Waals surface area contributed by atoms with Crippen molar-refractivity contribution in [1.29, 1.82) is 0 Å². The van der Waals surface area contributed by atoms with Gasteiger partial charge in [-0.15, -0.1) is 11.3 Å². The molecule has 2 aliphatic heterocycles. The summed E-state index contributed by atoms with van der Waals surface area (Å²) in [6.45, 7) is 4.03. The highest BCUT2D eigenvalue weighted by molar-refractivity contribution is 7.91. The number of carbonyl (C=O) groups is 1. The lowest BCUT2D eigenvalue weighted by atomic mass is 10.0. The van der Waals surface area contributed by atoms with E-state index in [1.54, 1.807) is 28.7 Å². The monoisotopic (exact) mass is 300 g/mol. The summed E-state index contributed by atoms with van der Waals surface area (Å²) in [5, 5.41) is 1.78. The van der Waals surface area contributed by atoms with Crippen LogP contribution in [0.15, 0.2) is 21.7 Å². The predicted octanol–water partition coefficient (Wildman–Crippen LogP) is 0.847. The molecule has 0 spiro atoms. The van der Waals surface area contributed by atoms with Crippen LogP contribution in [0, 0.1) is 11.8 Å². The molecule has 0 radical (unpaired) electrons. The highest BCUT2D eigenvalue weighted by Gasteiger charge is 2.44. The maximum atomic E-state index is 12.4. The van der Waals surface area contributed by atoms with Crippen LogP contribution in [0.3, 0.4) is 0 Å². The van der Waals surface area contributed by atoms with Crippen molar-refractivity contribution in [3.05, 3.63) is 17.5 Å². The molecule has 3 heterocycles. The summed E-state index contributed by atoms with van der Waals surface area (Å²) in [4.78, 5) is 13.2. The number of nitrogens with zero attached hydrogens (tertiary/aromatic N) is 2. The number of thiophene rings is 1. The summed E-state index contributed by atoms with van der Waals surface area (Å²) in [5.74, 6) is 0.666. The van der Waals surface area contributed by atoms with Crippen LogP contribution in [0.1, 0.15) is 6.92 Å². The molecule has 2 atom stereocenters. The van der Waals surface area contributed by atoms with Crippen molar-refractivity contribution in [2.24, 2.45) is 11.8 Å². The maximum Gasteiger partial charge on any atom is 0.252 e. The lowest BCUT2D eigenvalue weighted by Gasteiger charge is -2.19. The second kappa shape index (κ2) is 4.57. The lowest BCUT2D eigenvalue weighted by Crippen LogP contribution is -2.34. The molecule has 1 aromatic heterocycles. The Hall–Kier alpha value is -0.920. The molecule has 0 saturated carbocycles. The fraction of sp³-hybridized carbons (Fsp3) is 0.583. The van der Waals surface area contributed by atoms with Crippen LogP contribution < -0.4 is 0 Å². The number of hydrogen-bond acceptors (Lipinski definition) is 4. The number of likely N-dealkylation sites (tertiary alicyclic amines) is 1. The average Bonchev–Trinajstić information content (AvgIpc) is 3.04. The van der Waals surface area contributed by atoms with E-state index >= 15 is 0 Å². The van der Waals surface area contributed by atoms with Crippen LogP contribution in [0.4, 0.5) is 0 Å². The van der Waals surface area contributed by atoms with Crippen molar-refractivity contribution < 1.29 is 13.2 Å². The van der Waals surface area contributed by atoms with E-state index in [1.165, 1.54) is 11.3 Å². The van der Waals surface area contributed by atoms with E-state index in [0.29, 0.717) is 42.2 Å². The fourth-order valence-electron chi connectivity index (χ4n) is 2.94. The van der Waals surface area contributed by atoms with Crippen LogP contribution in [0.5, 0.6) is 0 Å². The molecule has 104 valence electrons. The third-order valence-corrected chi connectivity index (χ3v) is 7.19. The summed E-state index contributed by atoms with van der Waals surface area (Å²) in [6.07, 6.45) is 0. The van der Waals surface area contributed by atoms with Crippen molar-refractivity contribution in [2.75, 3.05) is 26.2 Å². The van der Waals surface area contributed by atoms with Crippen molar-refractivity contribution in [2.45, 2.75) is 11.1 Å². The molecule has 7 heteroatoms. The largest absolute Gasteiger partial charge is 0.342 e. The molecule has 0 bridgehead atoms. The van der Waals surface area contributed by atoms with E-state index in [4.69, 9.17) is 0 Å². The summed E-state index contributed by atoms with van der Waals surface area (Å²) in [5.41, 5.74) is 0. The predicted molar refractivity (Wildman–Crippen MR) is 72.3 cm³/mol. The number of sulfonamides is 1. The highest BCUT2D eigenvalue weighted by Crippen LogP contribution is 2.34. The van der Waals surface area contributed by atoms with Gasteiger partial charge in [-0.25, -0.2) is 8.42 Å². The van der Waals surface area contributed by atoms with E-state index in [9.17, 15) is 13.2 Å².